The number of hydrogen-bond acceptors (Lipinski definition) is 3. The second-order valence-corrected chi connectivity index (χ2v) is 5.31. The largest absolute Gasteiger partial charge is 0.495 e. The molecule has 0 saturated heterocycles. The van der Waals surface area contributed by atoms with Crippen molar-refractivity contribution in [3.05, 3.63) is 17.9 Å². The summed E-state index contributed by atoms with van der Waals surface area (Å²) in [4.78, 5) is 0. The zero-order chi connectivity index (χ0) is 13.2. The molecule has 0 radical (unpaired) electrons. The lowest BCUT2D eigenvalue weighted by Crippen LogP contribution is -2.31. The average Bonchev–Trinajstić information content (AvgIpc) is 2.20. The Kier molecular flexibility index (Phi) is 3.86. The molecule has 1 unspecified atom stereocenters. The van der Waals surface area contributed by atoms with Crippen molar-refractivity contribution in [1.82, 2.24) is 0 Å². The highest BCUT2D eigenvalue weighted by Gasteiger charge is 2.21. The number of methoxy groups -OCH3 is 1. The predicted octanol–water partition coefficient (Wildman–Crippen LogP) is 3.26. The highest BCUT2D eigenvalue weighted by atomic mass is 19.1. The van der Waals surface area contributed by atoms with Crippen molar-refractivity contribution in [2.24, 2.45) is 5.41 Å². The Hall–Kier alpha value is -1.45. The fraction of sp³-hybridized carbons (Fsp3) is 0.538. The van der Waals surface area contributed by atoms with E-state index in [1.807, 2.05) is 6.92 Å². The maximum atomic E-state index is 13.7. The molecule has 0 heterocycles. The summed E-state index contributed by atoms with van der Waals surface area (Å²) in [7, 11) is 1.51. The van der Waals surface area contributed by atoms with Gasteiger partial charge in [-0.3, -0.25) is 0 Å². The molecule has 1 atom stereocenters. The lowest BCUT2D eigenvalue weighted by molar-refractivity contribution is 0.358. The second kappa shape index (κ2) is 4.82. The van der Waals surface area contributed by atoms with Gasteiger partial charge >= 0.3 is 0 Å². The highest BCUT2D eigenvalue weighted by molar-refractivity contribution is 5.62. The Labute approximate surface area is 102 Å². The van der Waals surface area contributed by atoms with Crippen LogP contribution in [0, 0.1) is 11.2 Å². The number of hydrogen-bond donors (Lipinski definition) is 2. The van der Waals surface area contributed by atoms with Gasteiger partial charge in [0, 0.05) is 18.2 Å². The Bertz CT molecular complexity index is 399. The van der Waals surface area contributed by atoms with Crippen molar-refractivity contribution in [1.29, 1.82) is 0 Å². The van der Waals surface area contributed by atoms with Gasteiger partial charge in [-0.25, -0.2) is 4.39 Å². The number of ether oxygens (including phenoxy) is 1. The third-order valence-corrected chi connectivity index (χ3v) is 2.99. The number of nitrogen functional groups attached to an aromatic ring is 1. The summed E-state index contributed by atoms with van der Waals surface area (Å²) < 4.78 is 18.8. The van der Waals surface area contributed by atoms with E-state index in [9.17, 15) is 4.39 Å². The molecule has 0 aromatic heterocycles. The summed E-state index contributed by atoms with van der Waals surface area (Å²) in [6.45, 7) is 8.30. The van der Waals surface area contributed by atoms with Gasteiger partial charge in [-0.15, -0.1) is 0 Å². The predicted molar refractivity (Wildman–Crippen MR) is 69.9 cm³/mol. The minimum atomic E-state index is -0.362. The van der Waals surface area contributed by atoms with Gasteiger partial charge in [0.05, 0.1) is 18.5 Å². The molecule has 0 bridgehead atoms. The van der Waals surface area contributed by atoms with Crippen LogP contribution < -0.4 is 15.8 Å². The molecular weight excluding hydrogens is 219 g/mol. The lowest BCUT2D eigenvalue weighted by Gasteiger charge is -2.29. The van der Waals surface area contributed by atoms with Crippen molar-refractivity contribution in [2.75, 3.05) is 18.2 Å². The molecule has 0 amide bonds. The summed E-state index contributed by atoms with van der Waals surface area (Å²) >= 11 is 0. The summed E-state index contributed by atoms with van der Waals surface area (Å²) in [5, 5.41) is 3.14. The van der Waals surface area contributed by atoms with Crippen LogP contribution >= 0.6 is 0 Å². The van der Waals surface area contributed by atoms with E-state index >= 15 is 0 Å². The Balaban J connectivity index is 2.99. The first-order chi connectivity index (χ1) is 7.75. The zero-order valence-corrected chi connectivity index (χ0v) is 11.1. The van der Waals surface area contributed by atoms with Gasteiger partial charge in [0.1, 0.15) is 11.6 Å². The van der Waals surface area contributed by atoms with Crippen LogP contribution in [-0.2, 0) is 0 Å². The van der Waals surface area contributed by atoms with Gasteiger partial charge in [0.2, 0.25) is 0 Å². The first kappa shape index (κ1) is 13.6. The SMILES string of the molecule is COc1cc(NC(C)C(C)(C)C)c(F)cc1N. The maximum absolute atomic E-state index is 13.7. The van der Waals surface area contributed by atoms with E-state index in [4.69, 9.17) is 10.5 Å². The normalized spacial score (nSPS) is 13.3. The summed E-state index contributed by atoms with van der Waals surface area (Å²) in [6, 6.07) is 2.99. The van der Waals surface area contributed by atoms with Gasteiger partial charge in [-0.1, -0.05) is 20.8 Å². The van der Waals surface area contributed by atoms with Crippen LogP contribution in [0.3, 0.4) is 0 Å². The van der Waals surface area contributed by atoms with Crippen molar-refractivity contribution in [2.45, 2.75) is 33.7 Å². The fourth-order valence-corrected chi connectivity index (χ4v) is 1.31. The smallest absolute Gasteiger partial charge is 0.148 e. The quantitative estimate of drug-likeness (QED) is 0.797. The Morgan fingerprint density at radius 2 is 1.94 bits per heavy atom. The van der Waals surface area contributed by atoms with Crippen molar-refractivity contribution in [3.8, 4) is 5.75 Å². The van der Waals surface area contributed by atoms with E-state index in [1.54, 1.807) is 6.07 Å². The molecule has 1 aromatic carbocycles. The molecule has 96 valence electrons. The Morgan fingerprint density at radius 1 is 1.35 bits per heavy atom. The van der Waals surface area contributed by atoms with Crippen LogP contribution in [0.5, 0.6) is 5.75 Å². The highest BCUT2D eigenvalue weighted by Crippen LogP contribution is 2.30. The second-order valence-electron chi connectivity index (χ2n) is 5.31. The van der Waals surface area contributed by atoms with E-state index in [2.05, 4.69) is 26.1 Å². The molecule has 3 N–H and O–H groups in total. The van der Waals surface area contributed by atoms with Crippen LogP contribution in [0.1, 0.15) is 27.7 Å². The minimum absolute atomic E-state index is 0.0427. The zero-order valence-electron chi connectivity index (χ0n) is 11.1. The molecule has 1 rings (SSSR count). The van der Waals surface area contributed by atoms with Crippen LogP contribution in [-0.4, -0.2) is 13.2 Å². The lowest BCUT2D eigenvalue weighted by atomic mass is 9.88. The molecule has 1 aromatic rings. The van der Waals surface area contributed by atoms with Gasteiger partial charge in [-0.05, 0) is 12.3 Å². The van der Waals surface area contributed by atoms with Gasteiger partial charge < -0.3 is 15.8 Å². The van der Waals surface area contributed by atoms with Crippen LogP contribution in [0.4, 0.5) is 15.8 Å². The topological polar surface area (TPSA) is 47.3 Å². The van der Waals surface area contributed by atoms with Crippen molar-refractivity contribution < 1.29 is 9.13 Å². The molecule has 0 aliphatic carbocycles. The molecule has 0 saturated carbocycles. The summed E-state index contributed by atoms with van der Waals surface area (Å²) in [5.74, 6) is 0.120. The molecule has 3 nitrogen and oxygen atoms in total. The third-order valence-electron chi connectivity index (χ3n) is 2.99. The van der Waals surface area contributed by atoms with Crippen LogP contribution in [0.25, 0.3) is 0 Å². The first-order valence-corrected chi connectivity index (χ1v) is 5.65. The van der Waals surface area contributed by atoms with E-state index in [-0.39, 0.29) is 17.3 Å². The van der Waals surface area contributed by atoms with Gasteiger partial charge in [-0.2, -0.15) is 0 Å². The molecule has 17 heavy (non-hydrogen) atoms. The molecule has 0 aliphatic heterocycles. The molecule has 0 aliphatic rings. The standard InChI is InChI=1S/C13H21FN2O/c1-8(13(2,3)4)16-11-7-12(17-5)10(15)6-9(11)14/h6-8,16H,15H2,1-5H3. The van der Waals surface area contributed by atoms with Crippen LogP contribution in [0.15, 0.2) is 12.1 Å². The number of nitrogens with one attached hydrogen (secondary N) is 1. The maximum Gasteiger partial charge on any atom is 0.148 e. The monoisotopic (exact) mass is 240 g/mol. The molecule has 4 heteroatoms. The van der Waals surface area contributed by atoms with Crippen molar-refractivity contribution in [3.63, 3.8) is 0 Å². The fourth-order valence-electron chi connectivity index (χ4n) is 1.31. The average molecular weight is 240 g/mol. The molecular formula is C13H21FN2O. The first-order valence-electron chi connectivity index (χ1n) is 5.65. The summed E-state index contributed by atoms with van der Waals surface area (Å²) in [6.07, 6.45) is 0. The molecule has 0 spiro atoms. The Morgan fingerprint density at radius 3 is 2.41 bits per heavy atom. The molecule has 0 fully saturated rings. The number of benzene rings is 1. The van der Waals surface area contributed by atoms with Crippen LogP contribution in [0.2, 0.25) is 0 Å². The van der Waals surface area contributed by atoms with E-state index < -0.39 is 0 Å². The van der Waals surface area contributed by atoms with E-state index in [1.165, 1.54) is 13.2 Å². The minimum Gasteiger partial charge on any atom is -0.495 e. The number of nitrogens with two attached hydrogens (primary N) is 1. The summed E-state index contributed by atoms with van der Waals surface area (Å²) in [5.41, 5.74) is 6.39. The van der Waals surface area contributed by atoms with Gasteiger partial charge in [0.15, 0.2) is 0 Å². The third kappa shape index (κ3) is 3.25. The van der Waals surface area contributed by atoms with E-state index in [0.717, 1.165) is 0 Å². The number of rotatable bonds is 3. The number of halogens is 1. The van der Waals surface area contributed by atoms with Gasteiger partial charge in [0.25, 0.3) is 0 Å². The van der Waals surface area contributed by atoms with Crippen molar-refractivity contribution >= 4 is 11.4 Å². The number of anilines is 2. The van der Waals surface area contributed by atoms with E-state index in [0.29, 0.717) is 17.1 Å².